The number of hydrogen-bond donors (Lipinski definition) is 1. The van der Waals surface area contributed by atoms with E-state index in [-0.39, 0.29) is 0 Å². The minimum Gasteiger partial charge on any atom is -0.285 e. The second-order valence-electron chi connectivity index (χ2n) is 3.31. The molecule has 1 aromatic rings. The Labute approximate surface area is 85.0 Å². The Hall–Kier alpha value is -1.57. The molecule has 0 unspecified atom stereocenters. The molecule has 0 spiro atoms. The first-order valence-electron chi connectivity index (χ1n) is 4.70. The normalized spacial score (nSPS) is 12.3. The fourth-order valence-electron chi connectivity index (χ4n) is 1.15. The lowest BCUT2D eigenvalue weighted by molar-refractivity contribution is 1.09. The van der Waals surface area contributed by atoms with Crippen LogP contribution in [0.2, 0.25) is 0 Å². The predicted octanol–water partition coefficient (Wildman–Crippen LogP) is 3.34. The molecule has 1 heterocycles. The van der Waals surface area contributed by atoms with Crippen molar-refractivity contribution in [1.29, 1.82) is 0 Å². The van der Waals surface area contributed by atoms with Gasteiger partial charge in [-0.2, -0.15) is 5.10 Å². The van der Waals surface area contributed by atoms with Crippen LogP contribution in [0.25, 0.3) is 5.57 Å². The SMILES string of the molecule is C=C(C)C/C=C(\C=C/C)c1cn[nH]c1. The van der Waals surface area contributed by atoms with Gasteiger partial charge in [-0.25, -0.2) is 0 Å². The molecule has 0 saturated heterocycles. The summed E-state index contributed by atoms with van der Waals surface area (Å²) >= 11 is 0. The molecule has 1 aromatic heterocycles. The Morgan fingerprint density at radius 2 is 2.43 bits per heavy atom. The molecule has 0 saturated carbocycles. The van der Waals surface area contributed by atoms with Gasteiger partial charge in [-0.3, -0.25) is 5.10 Å². The Morgan fingerprint density at radius 3 is 2.93 bits per heavy atom. The molecule has 0 fully saturated rings. The number of nitrogens with zero attached hydrogens (tertiary/aromatic N) is 1. The van der Waals surface area contributed by atoms with E-state index in [2.05, 4.69) is 28.9 Å². The minimum atomic E-state index is 0.908. The highest BCUT2D eigenvalue weighted by atomic mass is 15.1. The molecule has 0 atom stereocenters. The number of H-pyrrole nitrogens is 1. The largest absolute Gasteiger partial charge is 0.285 e. The summed E-state index contributed by atoms with van der Waals surface area (Å²) in [6.07, 6.45) is 10.9. The molecule has 14 heavy (non-hydrogen) atoms. The summed E-state index contributed by atoms with van der Waals surface area (Å²) in [5.41, 5.74) is 3.46. The van der Waals surface area contributed by atoms with E-state index in [0.29, 0.717) is 0 Å². The van der Waals surface area contributed by atoms with Gasteiger partial charge in [-0.15, -0.1) is 0 Å². The molecule has 1 N–H and O–H groups in total. The zero-order valence-electron chi connectivity index (χ0n) is 8.75. The zero-order chi connectivity index (χ0) is 10.4. The van der Waals surface area contributed by atoms with Crippen molar-refractivity contribution in [3.05, 3.63) is 48.3 Å². The minimum absolute atomic E-state index is 0.908. The van der Waals surface area contributed by atoms with Gasteiger partial charge in [0.2, 0.25) is 0 Å². The van der Waals surface area contributed by atoms with Crippen LogP contribution < -0.4 is 0 Å². The lowest BCUT2D eigenvalue weighted by atomic mass is 10.1. The van der Waals surface area contributed by atoms with E-state index in [1.807, 2.05) is 32.3 Å². The maximum Gasteiger partial charge on any atom is 0.0565 e. The van der Waals surface area contributed by atoms with E-state index in [4.69, 9.17) is 0 Å². The Balaban J connectivity index is 2.85. The number of nitrogens with one attached hydrogen (secondary N) is 1. The average Bonchev–Trinajstić information content (AvgIpc) is 2.64. The first-order valence-corrected chi connectivity index (χ1v) is 4.70. The van der Waals surface area contributed by atoms with Crippen LogP contribution in [0.5, 0.6) is 0 Å². The van der Waals surface area contributed by atoms with Crippen LogP contribution in [-0.4, -0.2) is 10.2 Å². The van der Waals surface area contributed by atoms with Crippen molar-refractivity contribution < 1.29 is 0 Å². The van der Waals surface area contributed by atoms with Crippen molar-refractivity contribution in [2.45, 2.75) is 20.3 Å². The lowest BCUT2D eigenvalue weighted by Crippen LogP contribution is -1.78. The molecular formula is C12H16N2. The Bertz CT molecular complexity index is 342. The molecule has 0 radical (unpaired) electrons. The van der Waals surface area contributed by atoms with Crippen LogP contribution >= 0.6 is 0 Å². The molecular weight excluding hydrogens is 172 g/mol. The molecule has 0 bridgehead atoms. The summed E-state index contributed by atoms with van der Waals surface area (Å²) in [5, 5.41) is 6.74. The van der Waals surface area contributed by atoms with Gasteiger partial charge in [-0.05, 0) is 25.8 Å². The maximum atomic E-state index is 3.93. The van der Waals surface area contributed by atoms with E-state index in [1.165, 1.54) is 5.57 Å². The molecule has 0 aliphatic heterocycles. The summed E-state index contributed by atoms with van der Waals surface area (Å²) in [5.74, 6) is 0. The topological polar surface area (TPSA) is 28.7 Å². The summed E-state index contributed by atoms with van der Waals surface area (Å²) in [6.45, 7) is 7.91. The standard InChI is InChI=1S/C12H16N2/c1-4-5-11(7-6-10(2)3)12-8-13-14-9-12/h4-5,7-9H,2,6H2,1,3H3,(H,13,14)/b5-4-,11-7+. The summed E-state index contributed by atoms with van der Waals surface area (Å²) < 4.78 is 0. The number of aromatic nitrogens is 2. The molecule has 2 heteroatoms. The fraction of sp³-hybridized carbons (Fsp3) is 0.250. The predicted molar refractivity (Wildman–Crippen MR) is 60.8 cm³/mol. The van der Waals surface area contributed by atoms with E-state index in [9.17, 15) is 0 Å². The number of allylic oxidation sites excluding steroid dienone is 5. The van der Waals surface area contributed by atoms with E-state index >= 15 is 0 Å². The quantitative estimate of drug-likeness (QED) is 0.569. The molecule has 0 aliphatic rings. The fourth-order valence-corrected chi connectivity index (χ4v) is 1.15. The van der Waals surface area contributed by atoms with Crippen LogP contribution in [0, 0.1) is 0 Å². The monoisotopic (exact) mass is 188 g/mol. The van der Waals surface area contributed by atoms with Crippen molar-refractivity contribution >= 4 is 5.57 Å². The second-order valence-corrected chi connectivity index (χ2v) is 3.31. The number of rotatable bonds is 4. The maximum absolute atomic E-state index is 3.93. The van der Waals surface area contributed by atoms with Crippen molar-refractivity contribution in [1.82, 2.24) is 10.2 Å². The highest BCUT2D eigenvalue weighted by Crippen LogP contribution is 2.16. The van der Waals surface area contributed by atoms with Gasteiger partial charge in [0.15, 0.2) is 0 Å². The van der Waals surface area contributed by atoms with Crippen molar-refractivity contribution in [2.75, 3.05) is 0 Å². The molecule has 0 aliphatic carbocycles. The van der Waals surface area contributed by atoms with E-state index < -0.39 is 0 Å². The smallest absolute Gasteiger partial charge is 0.0565 e. The highest BCUT2D eigenvalue weighted by Gasteiger charge is 1.97. The average molecular weight is 188 g/mol. The van der Waals surface area contributed by atoms with Crippen LogP contribution in [0.1, 0.15) is 25.8 Å². The van der Waals surface area contributed by atoms with Gasteiger partial charge in [0.05, 0.1) is 6.20 Å². The van der Waals surface area contributed by atoms with Crippen molar-refractivity contribution in [3.63, 3.8) is 0 Å². The highest BCUT2D eigenvalue weighted by molar-refractivity contribution is 5.73. The molecule has 74 valence electrons. The van der Waals surface area contributed by atoms with Gasteiger partial charge in [0.25, 0.3) is 0 Å². The Morgan fingerprint density at radius 1 is 1.64 bits per heavy atom. The van der Waals surface area contributed by atoms with Gasteiger partial charge in [0.1, 0.15) is 0 Å². The van der Waals surface area contributed by atoms with Gasteiger partial charge in [-0.1, -0.05) is 30.4 Å². The van der Waals surface area contributed by atoms with Crippen molar-refractivity contribution in [2.24, 2.45) is 0 Å². The molecule has 2 nitrogen and oxygen atoms in total. The molecule has 1 rings (SSSR count). The van der Waals surface area contributed by atoms with Crippen LogP contribution in [-0.2, 0) is 0 Å². The molecule has 0 aromatic carbocycles. The van der Waals surface area contributed by atoms with Gasteiger partial charge < -0.3 is 0 Å². The molecule has 0 amide bonds. The number of aromatic amines is 1. The van der Waals surface area contributed by atoms with Crippen LogP contribution in [0.15, 0.2) is 42.8 Å². The third-order valence-corrected chi connectivity index (χ3v) is 1.85. The van der Waals surface area contributed by atoms with Crippen LogP contribution in [0.3, 0.4) is 0 Å². The van der Waals surface area contributed by atoms with E-state index in [0.717, 1.165) is 17.6 Å². The summed E-state index contributed by atoms with van der Waals surface area (Å²) in [4.78, 5) is 0. The van der Waals surface area contributed by atoms with Gasteiger partial charge >= 0.3 is 0 Å². The summed E-state index contributed by atoms with van der Waals surface area (Å²) in [6, 6.07) is 0. The summed E-state index contributed by atoms with van der Waals surface area (Å²) in [7, 11) is 0. The third kappa shape index (κ3) is 3.05. The first kappa shape index (κ1) is 10.5. The number of hydrogen-bond acceptors (Lipinski definition) is 1. The first-order chi connectivity index (χ1) is 6.74. The van der Waals surface area contributed by atoms with Crippen molar-refractivity contribution in [3.8, 4) is 0 Å². The third-order valence-electron chi connectivity index (χ3n) is 1.85. The zero-order valence-corrected chi connectivity index (χ0v) is 8.75. The van der Waals surface area contributed by atoms with E-state index in [1.54, 1.807) is 0 Å². The van der Waals surface area contributed by atoms with Crippen LogP contribution in [0.4, 0.5) is 0 Å². The van der Waals surface area contributed by atoms with Gasteiger partial charge in [0, 0.05) is 11.8 Å². The lowest BCUT2D eigenvalue weighted by Gasteiger charge is -1.98. The Kier molecular flexibility index (Phi) is 3.92. The second kappa shape index (κ2) is 5.22.